The minimum atomic E-state index is 0.0933. The Labute approximate surface area is 177 Å². The number of rotatable bonds is 5. The molecule has 1 saturated carbocycles. The highest BCUT2D eigenvalue weighted by Crippen LogP contribution is 2.37. The highest BCUT2D eigenvalue weighted by molar-refractivity contribution is 6.30. The fourth-order valence-corrected chi connectivity index (χ4v) is 4.31. The second-order valence-electron chi connectivity index (χ2n) is 7.61. The molecule has 0 radical (unpaired) electrons. The van der Waals surface area contributed by atoms with Crippen molar-refractivity contribution < 1.29 is 9.53 Å². The topological polar surface area (TPSA) is 29.5 Å². The van der Waals surface area contributed by atoms with Crippen LogP contribution in [0.15, 0.2) is 60.2 Å². The van der Waals surface area contributed by atoms with Crippen LogP contribution in [0.3, 0.4) is 0 Å². The van der Waals surface area contributed by atoms with Crippen molar-refractivity contribution >= 4 is 29.3 Å². The third-order valence-electron chi connectivity index (χ3n) is 5.61. The summed E-state index contributed by atoms with van der Waals surface area (Å²) in [4.78, 5) is 15.4. The van der Waals surface area contributed by atoms with E-state index in [0.717, 1.165) is 41.0 Å². The molecule has 0 atom stereocenters. The Hall–Kier alpha value is -2.52. The maximum absolute atomic E-state index is 13.4. The normalized spacial score (nSPS) is 19.0. The summed E-state index contributed by atoms with van der Waals surface area (Å²) in [6.45, 7) is 2.61. The summed E-state index contributed by atoms with van der Waals surface area (Å²) in [6.07, 6.45) is 9.74. The lowest BCUT2D eigenvalue weighted by atomic mass is 9.93. The molecule has 0 spiro atoms. The number of ether oxygens (including phenoxy) is 1. The summed E-state index contributed by atoms with van der Waals surface area (Å²) in [5.74, 6) is 0.935. The van der Waals surface area contributed by atoms with Crippen LogP contribution < -0.4 is 4.74 Å². The van der Waals surface area contributed by atoms with Crippen LogP contribution in [0, 0.1) is 0 Å². The number of carbonyl (C=O) groups is 1. The van der Waals surface area contributed by atoms with Gasteiger partial charge in [0.05, 0.1) is 12.3 Å². The summed E-state index contributed by atoms with van der Waals surface area (Å²) in [5.41, 5.74) is 3.73. The molecule has 0 saturated heterocycles. The second kappa shape index (κ2) is 8.87. The molecule has 1 fully saturated rings. The molecule has 150 valence electrons. The summed E-state index contributed by atoms with van der Waals surface area (Å²) in [7, 11) is 0. The van der Waals surface area contributed by atoms with E-state index in [0.29, 0.717) is 11.6 Å². The van der Waals surface area contributed by atoms with Crippen LogP contribution in [0.5, 0.6) is 5.75 Å². The standard InChI is InChI=1S/C25H26ClNO2/c1-2-29-23-14-8-18(9-15-23)16-20-17-24(19-10-12-21(26)13-11-19)27(25(20)28)22-6-4-3-5-7-22/h8-17,22H,2-7H2,1H3. The smallest absolute Gasteiger partial charge is 0.258 e. The van der Waals surface area contributed by atoms with E-state index in [9.17, 15) is 4.79 Å². The number of benzene rings is 2. The SMILES string of the molecule is CCOc1ccc(C=C2C=C(c3ccc(Cl)cc3)N(C3CCCCC3)C2=O)cc1. The summed E-state index contributed by atoms with van der Waals surface area (Å²) in [5, 5.41) is 0.702. The lowest BCUT2D eigenvalue weighted by Gasteiger charge is -2.33. The molecule has 0 unspecified atom stereocenters. The summed E-state index contributed by atoms with van der Waals surface area (Å²) in [6, 6.07) is 15.9. The van der Waals surface area contributed by atoms with Gasteiger partial charge in [-0.05, 0) is 67.3 Å². The molecule has 0 aromatic heterocycles. The molecule has 4 heteroatoms. The predicted molar refractivity (Wildman–Crippen MR) is 119 cm³/mol. The van der Waals surface area contributed by atoms with Crippen molar-refractivity contribution in [2.45, 2.75) is 45.1 Å². The Balaban J connectivity index is 1.68. The first-order valence-corrected chi connectivity index (χ1v) is 10.8. The lowest BCUT2D eigenvalue weighted by Crippen LogP contribution is -2.37. The largest absolute Gasteiger partial charge is 0.494 e. The number of halogens is 1. The summed E-state index contributed by atoms with van der Waals surface area (Å²) >= 11 is 6.08. The van der Waals surface area contributed by atoms with E-state index in [1.54, 1.807) is 0 Å². The van der Waals surface area contributed by atoms with Crippen molar-refractivity contribution in [3.63, 3.8) is 0 Å². The van der Waals surface area contributed by atoms with Gasteiger partial charge < -0.3 is 9.64 Å². The van der Waals surface area contributed by atoms with Crippen molar-refractivity contribution in [3.8, 4) is 5.75 Å². The van der Waals surface area contributed by atoms with Gasteiger partial charge in [0.25, 0.3) is 5.91 Å². The highest BCUT2D eigenvalue weighted by atomic mass is 35.5. The van der Waals surface area contributed by atoms with Crippen molar-refractivity contribution in [2.75, 3.05) is 6.61 Å². The molecule has 3 nitrogen and oxygen atoms in total. The van der Waals surface area contributed by atoms with Gasteiger partial charge in [-0.2, -0.15) is 0 Å². The van der Waals surface area contributed by atoms with Gasteiger partial charge in [-0.3, -0.25) is 4.79 Å². The first-order valence-electron chi connectivity index (χ1n) is 10.4. The molecule has 0 N–H and O–H groups in total. The zero-order chi connectivity index (χ0) is 20.2. The molecular weight excluding hydrogens is 382 g/mol. The van der Waals surface area contributed by atoms with Gasteiger partial charge in [-0.25, -0.2) is 0 Å². The van der Waals surface area contributed by atoms with Crippen LogP contribution in [-0.4, -0.2) is 23.5 Å². The maximum Gasteiger partial charge on any atom is 0.258 e. The van der Waals surface area contributed by atoms with E-state index in [2.05, 4.69) is 0 Å². The second-order valence-corrected chi connectivity index (χ2v) is 8.04. The van der Waals surface area contributed by atoms with Crippen LogP contribution >= 0.6 is 11.6 Å². The van der Waals surface area contributed by atoms with Gasteiger partial charge >= 0.3 is 0 Å². The first kappa shape index (κ1) is 19.8. The van der Waals surface area contributed by atoms with Gasteiger partial charge in [0, 0.05) is 16.6 Å². The maximum atomic E-state index is 13.4. The molecule has 0 bridgehead atoms. The molecule has 29 heavy (non-hydrogen) atoms. The van der Waals surface area contributed by atoms with Crippen LogP contribution in [0.2, 0.25) is 5.02 Å². The van der Waals surface area contributed by atoms with E-state index in [-0.39, 0.29) is 11.9 Å². The van der Waals surface area contributed by atoms with Crippen LogP contribution in [0.25, 0.3) is 11.8 Å². The van der Waals surface area contributed by atoms with Gasteiger partial charge in [0.15, 0.2) is 0 Å². The Morgan fingerprint density at radius 2 is 1.72 bits per heavy atom. The molecule has 1 amide bonds. The number of hydrogen-bond acceptors (Lipinski definition) is 2. The van der Waals surface area contributed by atoms with Crippen molar-refractivity contribution in [3.05, 3.63) is 76.3 Å². The molecule has 1 aliphatic carbocycles. The Morgan fingerprint density at radius 1 is 1.03 bits per heavy atom. The van der Waals surface area contributed by atoms with Gasteiger partial charge in [0.2, 0.25) is 0 Å². The fraction of sp³-hybridized carbons (Fsp3) is 0.320. The van der Waals surface area contributed by atoms with Crippen LogP contribution in [0.1, 0.15) is 50.2 Å². The van der Waals surface area contributed by atoms with Crippen LogP contribution in [0.4, 0.5) is 0 Å². The van der Waals surface area contributed by atoms with E-state index >= 15 is 0 Å². The molecule has 4 rings (SSSR count). The zero-order valence-corrected chi connectivity index (χ0v) is 17.5. The monoisotopic (exact) mass is 407 g/mol. The third kappa shape index (κ3) is 4.40. The average Bonchev–Trinajstić information content (AvgIpc) is 3.07. The molecule has 2 aliphatic rings. The number of nitrogens with zero attached hydrogens (tertiary/aromatic N) is 1. The fourth-order valence-electron chi connectivity index (χ4n) is 4.18. The molecule has 2 aromatic carbocycles. The van der Waals surface area contributed by atoms with Crippen LogP contribution in [-0.2, 0) is 4.79 Å². The third-order valence-corrected chi connectivity index (χ3v) is 5.86. The Kier molecular flexibility index (Phi) is 6.05. The minimum absolute atomic E-state index is 0.0933. The average molecular weight is 408 g/mol. The first-order chi connectivity index (χ1) is 14.2. The summed E-state index contributed by atoms with van der Waals surface area (Å²) < 4.78 is 5.51. The molecular formula is C25H26ClNO2. The van der Waals surface area contributed by atoms with Crippen molar-refractivity contribution in [2.24, 2.45) is 0 Å². The quantitative estimate of drug-likeness (QED) is 0.541. The lowest BCUT2D eigenvalue weighted by molar-refractivity contribution is -0.125. The molecule has 1 aliphatic heterocycles. The van der Waals surface area contributed by atoms with E-state index < -0.39 is 0 Å². The Bertz CT molecular complexity index is 922. The highest BCUT2D eigenvalue weighted by Gasteiger charge is 2.35. The Morgan fingerprint density at radius 3 is 2.38 bits per heavy atom. The van der Waals surface area contributed by atoms with E-state index in [1.165, 1.54) is 19.3 Å². The predicted octanol–water partition coefficient (Wildman–Crippen LogP) is 6.34. The molecule has 2 aromatic rings. The number of amides is 1. The zero-order valence-electron chi connectivity index (χ0n) is 16.7. The van der Waals surface area contributed by atoms with Crippen molar-refractivity contribution in [1.82, 2.24) is 4.90 Å². The van der Waals surface area contributed by atoms with Gasteiger partial charge in [-0.1, -0.05) is 55.1 Å². The number of hydrogen-bond donors (Lipinski definition) is 0. The van der Waals surface area contributed by atoms with E-state index in [1.807, 2.05) is 72.5 Å². The molecule has 1 heterocycles. The van der Waals surface area contributed by atoms with Crippen molar-refractivity contribution in [1.29, 1.82) is 0 Å². The number of carbonyl (C=O) groups excluding carboxylic acids is 1. The van der Waals surface area contributed by atoms with E-state index in [4.69, 9.17) is 16.3 Å². The minimum Gasteiger partial charge on any atom is -0.494 e. The van der Waals surface area contributed by atoms with Gasteiger partial charge in [0.1, 0.15) is 5.75 Å². The van der Waals surface area contributed by atoms with Gasteiger partial charge in [-0.15, -0.1) is 0 Å².